The summed E-state index contributed by atoms with van der Waals surface area (Å²) in [6.07, 6.45) is -0.468. The van der Waals surface area contributed by atoms with Crippen LogP contribution < -0.4 is 0 Å². The van der Waals surface area contributed by atoms with Crippen molar-refractivity contribution >= 4 is 16.0 Å². The van der Waals surface area contributed by atoms with Crippen molar-refractivity contribution in [3.8, 4) is 0 Å². The van der Waals surface area contributed by atoms with E-state index in [1.54, 1.807) is 6.07 Å². The van der Waals surface area contributed by atoms with Crippen molar-refractivity contribution in [3.63, 3.8) is 0 Å². The first-order valence-corrected chi connectivity index (χ1v) is 6.83. The van der Waals surface area contributed by atoms with Crippen LogP contribution in [0.5, 0.6) is 0 Å². The molecule has 0 radical (unpaired) electrons. The van der Waals surface area contributed by atoms with Gasteiger partial charge in [0.1, 0.15) is 5.82 Å². The van der Waals surface area contributed by atoms with Crippen molar-refractivity contribution in [2.24, 2.45) is 0 Å². The molecule has 7 heteroatoms. The fourth-order valence-corrected chi connectivity index (χ4v) is 2.42. The molecule has 0 atom stereocenters. The van der Waals surface area contributed by atoms with Gasteiger partial charge >= 0.3 is 5.97 Å². The van der Waals surface area contributed by atoms with Gasteiger partial charge in [0.15, 0.2) is 0 Å². The Kier molecular flexibility index (Phi) is 4.80. The van der Waals surface area contributed by atoms with Crippen LogP contribution in [0.25, 0.3) is 0 Å². The molecule has 0 unspecified atom stereocenters. The lowest BCUT2D eigenvalue weighted by atomic mass is 10.2. The molecule has 0 bridgehead atoms. The van der Waals surface area contributed by atoms with Crippen LogP contribution in [0.3, 0.4) is 0 Å². The maximum absolute atomic E-state index is 13.3. The Hall–Kier alpha value is -1.47. The number of carboxylic acids is 1. The van der Waals surface area contributed by atoms with Crippen LogP contribution in [-0.4, -0.2) is 36.6 Å². The molecule has 0 aliphatic rings. The number of halogens is 1. The summed E-state index contributed by atoms with van der Waals surface area (Å²) in [6, 6.07) is 5.85. The number of benzene rings is 1. The van der Waals surface area contributed by atoms with Crippen LogP contribution in [0.4, 0.5) is 4.39 Å². The minimum absolute atomic E-state index is 0.116. The third-order valence-electron chi connectivity index (χ3n) is 2.40. The van der Waals surface area contributed by atoms with Gasteiger partial charge in [-0.3, -0.25) is 4.79 Å². The smallest absolute Gasteiger partial charge is 0.304 e. The third kappa shape index (κ3) is 4.08. The fraction of sp³-hybridized carbons (Fsp3) is 0.364. The number of hydrogen-bond acceptors (Lipinski definition) is 3. The molecule has 1 N–H and O–H groups in total. The first-order chi connectivity index (χ1) is 8.33. The van der Waals surface area contributed by atoms with Gasteiger partial charge in [0.05, 0.1) is 12.2 Å². The Morgan fingerprint density at radius 2 is 2.00 bits per heavy atom. The molecule has 0 aliphatic heterocycles. The molecule has 100 valence electrons. The molecule has 1 rings (SSSR count). The highest BCUT2D eigenvalue weighted by atomic mass is 32.2. The Labute approximate surface area is 105 Å². The lowest BCUT2D eigenvalue weighted by molar-refractivity contribution is -0.136. The van der Waals surface area contributed by atoms with Crippen molar-refractivity contribution in [2.45, 2.75) is 13.0 Å². The lowest BCUT2D eigenvalue weighted by Crippen LogP contribution is -2.30. The number of sulfonamides is 1. The van der Waals surface area contributed by atoms with Gasteiger partial charge in [0.25, 0.3) is 0 Å². The van der Waals surface area contributed by atoms with Crippen LogP contribution in [0.1, 0.15) is 12.0 Å². The highest BCUT2D eigenvalue weighted by Gasteiger charge is 2.20. The maximum Gasteiger partial charge on any atom is 0.304 e. The fourth-order valence-electron chi connectivity index (χ4n) is 1.34. The quantitative estimate of drug-likeness (QED) is 0.842. The van der Waals surface area contributed by atoms with Gasteiger partial charge < -0.3 is 5.11 Å². The summed E-state index contributed by atoms with van der Waals surface area (Å²) in [5.41, 5.74) is 0.249. The maximum atomic E-state index is 13.3. The summed E-state index contributed by atoms with van der Waals surface area (Å²) in [5.74, 6) is -2.16. The Morgan fingerprint density at radius 3 is 2.56 bits per heavy atom. The summed E-state index contributed by atoms with van der Waals surface area (Å²) in [6.45, 7) is -0.116. The summed E-state index contributed by atoms with van der Waals surface area (Å²) in [5, 5.41) is 8.45. The zero-order valence-corrected chi connectivity index (χ0v) is 10.7. The normalized spacial score (nSPS) is 11.7. The van der Waals surface area contributed by atoms with Crippen LogP contribution in [0, 0.1) is 5.82 Å². The van der Waals surface area contributed by atoms with Crippen molar-refractivity contribution in [2.75, 3.05) is 12.8 Å². The van der Waals surface area contributed by atoms with E-state index in [0.29, 0.717) is 0 Å². The number of aliphatic carboxylic acids is 1. The Balaban J connectivity index is 2.73. The molecular weight excluding hydrogens is 261 g/mol. The lowest BCUT2D eigenvalue weighted by Gasteiger charge is -2.16. The van der Waals surface area contributed by atoms with E-state index in [1.165, 1.54) is 25.2 Å². The third-order valence-corrected chi connectivity index (χ3v) is 4.20. The average molecular weight is 275 g/mol. The van der Waals surface area contributed by atoms with Gasteiger partial charge in [-0.25, -0.2) is 17.1 Å². The van der Waals surface area contributed by atoms with Gasteiger partial charge in [-0.05, 0) is 6.07 Å². The molecule has 1 aromatic carbocycles. The second kappa shape index (κ2) is 5.92. The summed E-state index contributed by atoms with van der Waals surface area (Å²) in [7, 11) is -2.39. The molecular formula is C11H14FNO4S. The SMILES string of the molecule is CN(Cc1ccccc1F)S(=O)(=O)CCC(=O)O. The molecule has 1 aromatic rings. The van der Waals surface area contributed by atoms with Crippen LogP contribution in [-0.2, 0) is 21.4 Å². The Morgan fingerprint density at radius 1 is 1.39 bits per heavy atom. The minimum atomic E-state index is -3.68. The number of nitrogens with zero attached hydrogens (tertiary/aromatic N) is 1. The van der Waals surface area contributed by atoms with E-state index in [2.05, 4.69) is 0 Å². The first kappa shape index (κ1) is 14.6. The monoisotopic (exact) mass is 275 g/mol. The van der Waals surface area contributed by atoms with E-state index >= 15 is 0 Å². The van der Waals surface area contributed by atoms with E-state index in [0.717, 1.165) is 4.31 Å². The summed E-state index contributed by atoms with van der Waals surface area (Å²) < 4.78 is 37.7. The van der Waals surface area contributed by atoms with Gasteiger partial charge in [-0.1, -0.05) is 18.2 Å². The molecule has 5 nitrogen and oxygen atoms in total. The molecule has 0 heterocycles. The summed E-state index contributed by atoms with van der Waals surface area (Å²) in [4.78, 5) is 10.3. The molecule has 0 aliphatic carbocycles. The van der Waals surface area contributed by atoms with E-state index in [-0.39, 0.29) is 12.1 Å². The van der Waals surface area contributed by atoms with E-state index < -0.39 is 34.0 Å². The zero-order valence-electron chi connectivity index (χ0n) is 9.84. The number of carboxylic acid groups (broad SMARTS) is 1. The molecule has 0 aromatic heterocycles. The summed E-state index contributed by atoms with van der Waals surface area (Å²) >= 11 is 0. The average Bonchev–Trinajstić information content (AvgIpc) is 2.29. The standard InChI is InChI=1S/C11H14FNO4S/c1-13(18(16,17)7-6-11(14)15)8-9-4-2-3-5-10(9)12/h2-5H,6-8H2,1H3,(H,14,15). The zero-order chi connectivity index (χ0) is 13.8. The van der Waals surface area contributed by atoms with E-state index in [9.17, 15) is 17.6 Å². The van der Waals surface area contributed by atoms with Gasteiger partial charge in [-0.15, -0.1) is 0 Å². The van der Waals surface area contributed by atoms with Gasteiger partial charge in [-0.2, -0.15) is 0 Å². The second-order valence-electron chi connectivity index (χ2n) is 3.81. The predicted molar refractivity (Wildman–Crippen MR) is 63.9 cm³/mol. The van der Waals surface area contributed by atoms with Crippen molar-refractivity contribution in [1.82, 2.24) is 4.31 Å². The number of rotatable bonds is 6. The van der Waals surface area contributed by atoms with Gasteiger partial charge in [0.2, 0.25) is 10.0 Å². The highest BCUT2D eigenvalue weighted by molar-refractivity contribution is 7.89. The topological polar surface area (TPSA) is 74.7 Å². The van der Waals surface area contributed by atoms with Crippen LogP contribution in [0.15, 0.2) is 24.3 Å². The molecule has 0 fully saturated rings. The molecule has 0 saturated heterocycles. The Bertz CT molecular complexity index is 530. The largest absolute Gasteiger partial charge is 0.481 e. The molecule has 18 heavy (non-hydrogen) atoms. The minimum Gasteiger partial charge on any atom is -0.481 e. The van der Waals surface area contributed by atoms with Crippen molar-refractivity contribution < 1.29 is 22.7 Å². The molecule has 0 amide bonds. The van der Waals surface area contributed by atoms with Gasteiger partial charge in [0, 0.05) is 19.2 Å². The predicted octanol–water partition coefficient (Wildman–Crippen LogP) is 1.06. The highest BCUT2D eigenvalue weighted by Crippen LogP contribution is 2.12. The number of carbonyl (C=O) groups is 1. The molecule has 0 spiro atoms. The van der Waals surface area contributed by atoms with Crippen LogP contribution >= 0.6 is 0 Å². The second-order valence-corrected chi connectivity index (χ2v) is 6.00. The van der Waals surface area contributed by atoms with Crippen molar-refractivity contribution in [1.29, 1.82) is 0 Å². The first-order valence-electron chi connectivity index (χ1n) is 5.22. The number of hydrogen-bond donors (Lipinski definition) is 1. The van der Waals surface area contributed by atoms with Crippen LogP contribution in [0.2, 0.25) is 0 Å². The van der Waals surface area contributed by atoms with Crippen molar-refractivity contribution in [3.05, 3.63) is 35.6 Å². The van der Waals surface area contributed by atoms with E-state index in [4.69, 9.17) is 5.11 Å². The van der Waals surface area contributed by atoms with E-state index in [1.807, 2.05) is 0 Å². The molecule has 0 saturated carbocycles.